The van der Waals surface area contributed by atoms with Crippen molar-refractivity contribution in [2.45, 2.75) is 25.4 Å². The Morgan fingerprint density at radius 2 is 1.92 bits per heavy atom. The van der Waals surface area contributed by atoms with Crippen LogP contribution < -0.4 is 0 Å². The molecule has 0 aromatic carbocycles. The molecule has 1 fully saturated rings. The van der Waals surface area contributed by atoms with Crippen molar-refractivity contribution in [1.82, 2.24) is 0 Å². The maximum Gasteiger partial charge on any atom is 0.391 e. The van der Waals surface area contributed by atoms with Crippen LogP contribution in [0.1, 0.15) is 19.3 Å². The summed E-state index contributed by atoms with van der Waals surface area (Å²) in [6.45, 7) is 0. The van der Waals surface area contributed by atoms with E-state index in [2.05, 4.69) is 0 Å². The lowest BCUT2D eigenvalue weighted by molar-refractivity contribution is -0.173. The Hall–Kier alpha value is -0.740. The lowest BCUT2D eigenvalue weighted by Gasteiger charge is -2.13. The second-order valence-electron chi connectivity index (χ2n) is 3.09. The molecule has 2 atom stereocenters. The summed E-state index contributed by atoms with van der Waals surface area (Å²) in [7, 11) is 0. The van der Waals surface area contributed by atoms with Crippen LogP contribution in [0.4, 0.5) is 13.2 Å². The fourth-order valence-corrected chi connectivity index (χ4v) is 1.50. The second kappa shape index (κ2) is 2.95. The third-order valence-corrected chi connectivity index (χ3v) is 2.24. The van der Waals surface area contributed by atoms with E-state index in [-0.39, 0.29) is 19.3 Å². The highest BCUT2D eigenvalue weighted by atomic mass is 19.4. The van der Waals surface area contributed by atoms with Gasteiger partial charge in [0.15, 0.2) is 0 Å². The molecule has 5 heteroatoms. The minimum Gasteiger partial charge on any atom is -0.481 e. The summed E-state index contributed by atoms with van der Waals surface area (Å²) >= 11 is 0. The second-order valence-corrected chi connectivity index (χ2v) is 3.09. The van der Waals surface area contributed by atoms with Crippen molar-refractivity contribution in [3.05, 3.63) is 0 Å². The number of carbonyl (C=O) groups is 1. The predicted octanol–water partition coefficient (Wildman–Crippen LogP) is 2.05. The number of hydrogen-bond acceptors (Lipinski definition) is 1. The summed E-state index contributed by atoms with van der Waals surface area (Å²) in [4.78, 5) is 10.3. The fourth-order valence-electron chi connectivity index (χ4n) is 1.50. The van der Waals surface area contributed by atoms with E-state index >= 15 is 0 Å². The van der Waals surface area contributed by atoms with Crippen molar-refractivity contribution < 1.29 is 23.1 Å². The van der Waals surface area contributed by atoms with E-state index in [4.69, 9.17) is 5.11 Å². The summed E-state index contributed by atoms with van der Waals surface area (Å²) in [5, 5.41) is 8.43. The molecule has 0 bridgehead atoms. The van der Waals surface area contributed by atoms with Gasteiger partial charge in [-0.1, -0.05) is 0 Å². The molecule has 70 valence electrons. The van der Waals surface area contributed by atoms with E-state index in [0.29, 0.717) is 0 Å². The van der Waals surface area contributed by atoms with Crippen LogP contribution in [-0.4, -0.2) is 17.3 Å². The maximum atomic E-state index is 12.0. The van der Waals surface area contributed by atoms with Gasteiger partial charge in [-0.15, -0.1) is 0 Å². The van der Waals surface area contributed by atoms with Gasteiger partial charge in [0.2, 0.25) is 0 Å². The smallest absolute Gasteiger partial charge is 0.391 e. The van der Waals surface area contributed by atoms with Gasteiger partial charge in [0.05, 0.1) is 11.8 Å². The van der Waals surface area contributed by atoms with E-state index in [1.54, 1.807) is 0 Å². The predicted molar refractivity (Wildman–Crippen MR) is 34.5 cm³/mol. The number of hydrogen-bond donors (Lipinski definition) is 1. The number of halogens is 3. The van der Waals surface area contributed by atoms with Gasteiger partial charge >= 0.3 is 12.1 Å². The van der Waals surface area contributed by atoms with Crippen molar-refractivity contribution >= 4 is 5.97 Å². The van der Waals surface area contributed by atoms with Crippen molar-refractivity contribution in [3.63, 3.8) is 0 Å². The average molecular weight is 182 g/mol. The number of aliphatic carboxylic acids is 1. The Labute approximate surface area is 67.4 Å². The van der Waals surface area contributed by atoms with Gasteiger partial charge in [0.1, 0.15) is 0 Å². The Morgan fingerprint density at radius 1 is 1.33 bits per heavy atom. The number of alkyl halides is 3. The van der Waals surface area contributed by atoms with Crippen molar-refractivity contribution in [3.8, 4) is 0 Å². The summed E-state index contributed by atoms with van der Waals surface area (Å²) in [5.41, 5.74) is 0. The molecule has 1 N–H and O–H groups in total. The van der Waals surface area contributed by atoms with Crippen LogP contribution in [-0.2, 0) is 4.79 Å². The molecule has 1 aliphatic rings. The zero-order valence-corrected chi connectivity index (χ0v) is 6.27. The molecule has 0 spiro atoms. The molecule has 0 aromatic rings. The molecule has 1 saturated carbocycles. The molecular formula is C7H9F3O2. The number of rotatable bonds is 1. The number of carboxylic acid groups (broad SMARTS) is 1. The molecule has 1 rings (SSSR count). The molecule has 2 nitrogen and oxygen atoms in total. The maximum absolute atomic E-state index is 12.0. The van der Waals surface area contributed by atoms with E-state index in [1.807, 2.05) is 0 Å². The molecule has 12 heavy (non-hydrogen) atoms. The van der Waals surface area contributed by atoms with E-state index in [0.717, 1.165) is 0 Å². The Kier molecular flexibility index (Phi) is 2.30. The Balaban J connectivity index is 2.51. The fraction of sp³-hybridized carbons (Fsp3) is 0.857. The lowest BCUT2D eigenvalue weighted by atomic mass is 10.1. The van der Waals surface area contributed by atoms with E-state index in [9.17, 15) is 18.0 Å². The standard InChI is InChI=1S/C7H9F3O2/c8-7(9,10)5-2-1-4(3-5)6(11)12/h4-5H,1-3H2,(H,11,12)/t4-,5-/m1/s1. The molecule has 0 saturated heterocycles. The molecular weight excluding hydrogens is 173 g/mol. The van der Waals surface area contributed by atoms with Crippen LogP contribution in [0.2, 0.25) is 0 Å². The van der Waals surface area contributed by atoms with Gasteiger partial charge in [-0.2, -0.15) is 13.2 Å². The summed E-state index contributed by atoms with van der Waals surface area (Å²) in [6.07, 6.45) is -4.36. The average Bonchev–Trinajstić information content (AvgIpc) is 2.30. The molecule has 0 radical (unpaired) electrons. The largest absolute Gasteiger partial charge is 0.481 e. The Morgan fingerprint density at radius 3 is 2.17 bits per heavy atom. The van der Waals surface area contributed by atoms with Crippen LogP contribution >= 0.6 is 0 Å². The first-order valence-electron chi connectivity index (χ1n) is 3.71. The van der Waals surface area contributed by atoms with Gasteiger partial charge in [-0.3, -0.25) is 4.79 Å². The van der Waals surface area contributed by atoms with Crippen molar-refractivity contribution in [2.75, 3.05) is 0 Å². The molecule has 0 heterocycles. The molecule has 0 amide bonds. The van der Waals surface area contributed by atoms with E-state index in [1.165, 1.54) is 0 Å². The Bertz CT molecular complexity index is 188. The minimum absolute atomic E-state index is 0.0412. The van der Waals surface area contributed by atoms with Gasteiger partial charge in [-0.25, -0.2) is 0 Å². The molecule has 0 aliphatic heterocycles. The highest BCUT2D eigenvalue weighted by Crippen LogP contribution is 2.41. The monoisotopic (exact) mass is 182 g/mol. The summed E-state index contributed by atoms with van der Waals surface area (Å²) < 4.78 is 36.0. The van der Waals surface area contributed by atoms with E-state index < -0.39 is 24.0 Å². The molecule has 0 aromatic heterocycles. The first-order chi connectivity index (χ1) is 5.41. The number of carboxylic acids is 1. The van der Waals surface area contributed by atoms with Gasteiger partial charge in [0, 0.05) is 0 Å². The highest BCUT2D eigenvalue weighted by Gasteiger charge is 2.45. The molecule has 0 unspecified atom stereocenters. The van der Waals surface area contributed by atoms with Crippen LogP contribution in [0.5, 0.6) is 0 Å². The topological polar surface area (TPSA) is 37.3 Å². The third-order valence-electron chi connectivity index (χ3n) is 2.24. The van der Waals surface area contributed by atoms with Crippen molar-refractivity contribution in [1.29, 1.82) is 0 Å². The van der Waals surface area contributed by atoms with Crippen molar-refractivity contribution in [2.24, 2.45) is 11.8 Å². The first-order valence-corrected chi connectivity index (χ1v) is 3.71. The summed E-state index contributed by atoms with van der Waals surface area (Å²) in [6, 6.07) is 0. The third kappa shape index (κ3) is 1.89. The zero-order chi connectivity index (χ0) is 9.35. The lowest BCUT2D eigenvalue weighted by Crippen LogP contribution is -2.21. The van der Waals surface area contributed by atoms with Crippen LogP contribution in [0.25, 0.3) is 0 Å². The minimum atomic E-state index is -4.22. The summed E-state index contributed by atoms with van der Waals surface area (Å²) in [5.74, 6) is -3.31. The highest BCUT2D eigenvalue weighted by molar-refractivity contribution is 5.70. The molecule has 1 aliphatic carbocycles. The quantitative estimate of drug-likeness (QED) is 0.673. The van der Waals surface area contributed by atoms with Crippen LogP contribution in [0.15, 0.2) is 0 Å². The SMILES string of the molecule is O=C(O)[C@@H]1CC[C@@H](C(F)(F)F)C1. The van der Waals surface area contributed by atoms with Crippen LogP contribution in [0.3, 0.4) is 0 Å². The van der Waals surface area contributed by atoms with Gasteiger partial charge < -0.3 is 5.11 Å². The van der Waals surface area contributed by atoms with Gasteiger partial charge in [-0.05, 0) is 19.3 Å². The normalized spacial score (nSPS) is 30.6. The van der Waals surface area contributed by atoms with Gasteiger partial charge in [0.25, 0.3) is 0 Å². The first kappa shape index (κ1) is 9.35. The van der Waals surface area contributed by atoms with Crippen LogP contribution in [0, 0.1) is 11.8 Å². The zero-order valence-electron chi connectivity index (χ0n) is 6.27.